The molecule has 0 radical (unpaired) electrons. The summed E-state index contributed by atoms with van der Waals surface area (Å²) in [6.07, 6.45) is 0.291. The van der Waals surface area contributed by atoms with E-state index in [0.29, 0.717) is 19.3 Å². The van der Waals surface area contributed by atoms with Crippen molar-refractivity contribution in [3.8, 4) is 0 Å². The molecule has 0 aliphatic heterocycles. The fourth-order valence-electron chi connectivity index (χ4n) is 2.27. The Morgan fingerprint density at radius 1 is 1.24 bits per heavy atom. The minimum Gasteiger partial charge on any atom is -0.481 e. The average molecular weight is 304 g/mol. The molecule has 1 rings (SSSR count). The topological polar surface area (TPSA) is 173 Å². The van der Waals surface area contributed by atoms with Crippen LogP contribution in [0.1, 0.15) is 38.5 Å². The van der Waals surface area contributed by atoms with Crippen molar-refractivity contribution >= 4 is 17.9 Å². The Balaban J connectivity index is 2.74. The fourth-order valence-corrected chi connectivity index (χ4v) is 2.27. The average Bonchev–Trinajstić information content (AvgIpc) is 2.31. The molecule has 0 aromatic carbocycles. The monoisotopic (exact) mass is 304 g/mol. The lowest BCUT2D eigenvalue weighted by Crippen LogP contribution is -2.60. The second-order valence-electron chi connectivity index (χ2n) is 5.37. The SMILES string of the molecule is N[C@@H]1CCCC[C@@]1(N)OC(=O)CC(O)(CC(=O)O)C(=O)O. The third-order valence-electron chi connectivity index (χ3n) is 3.54. The summed E-state index contributed by atoms with van der Waals surface area (Å²) in [7, 11) is 0. The number of aliphatic carboxylic acids is 2. The minimum atomic E-state index is -2.74. The second-order valence-corrected chi connectivity index (χ2v) is 5.37. The van der Waals surface area contributed by atoms with E-state index in [1.165, 1.54) is 0 Å². The largest absolute Gasteiger partial charge is 0.481 e. The summed E-state index contributed by atoms with van der Waals surface area (Å²) >= 11 is 0. The van der Waals surface area contributed by atoms with Crippen LogP contribution in [0.4, 0.5) is 0 Å². The van der Waals surface area contributed by atoms with Crippen molar-refractivity contribution in [1.82, 2.24) is 0 Å². The van der Waals surface area contributed by atoms with E-state index in [1.807, 2.05) is 0 Å². The van der Waals surface area contributed by atoms with Gasteiger partial charge in [-0.05, 0) is 12.8 Å². The molecule has 21 heavy (non-hydrogen) atoms. The van der Waals surface area contributed by atoms with Crippen LogP contribution < -0.4 is 11.5 Å². The zero-order chi connectivity index (χ0) is 16.3. The minimum absolute atomic E-state index is 0.324. The maximum absolute atomic E-state index is 11.8. The fraction of sp³-hybridized carbons (Fsp3) is 0.750. The van der Waals surface area contributed by atoms with Gasteiger partial charge in [0.05, 0.1) is 18.9 Å². The first kappa shape index (κ1) is 17.3. The van der Waals surface area contributed by atoms with E-state index in [-0.39, 0.29) is 0 Å². The van der Waals surface area contributed by atoms with E-state index in [2.05, 4.69) is 0 Å². The van der Waals surface area contributed by atoms with Gasteiger partial charge in [-0.1, -0.05) is 6.42 Å². The molecule has 3 atom stereocenters. The molecule has 1 aliphatic rings. The summed E-state index contributed by atoms with van der Waals surface area (Å²) in [4.78, 5) is 33.3. The Morgan fingerprint density at radius 3 is 2.33 bits per heavy atom. The smallest absolute Gasteiger partial charge is 0.336 e. The summed E-state index contributed by atoms with van der Waals surface area (Å²) in [5.41, 5.74) is 7.52. The van der Waals surface area contributed by atoms with Crippen LogP contribution in [0.15, 0.2) is 0 Å². The lowest BCUT2D eigenvalue weighted by Gasteiger charge is -2.38. The van der Waals surface area contributed by atoms with Crippen molar-refractivity contribution in [2.75, 3.05) is 0 Å². The highest BCUT2D eigenvalue weighted by Gasteiger charge is 2.44. The third kappa shape index (κ3) is 4.38. The number of hydrogen-bond acceptors (Lipinski definition) is 7. The summed E-state index contributed by atoms with van der Waals surface area (Å²) in [6, 6.07) is -0.590. The van der Waals surface area contributed by atoms with Crippen molar-refractivity contribution in [3.63, 3.8) is 0 Å². The Morgan fingerprint density at radius 2 is 1.86 bits per heavy atom. The molecule has 0 amide bonds. The number of carboxylic acids is 2. The first-order chi connectivity index (χ1) is 9.59. The van der Waals surface area contributed by atoms with E-state index in [1.54, 1.807) is 0 Å². The Kier molecular flexibility index (Phi) is 5.26. The summed E-state index contributed by atoms with van der Waals surface area (Å²) in [5.74, 6) is -4.47. The summed E-state index contributed by atoms with van der Waals surface area (Å²) < 4.78 is 5.02. The number of rotatable bonds is 6. The van der Waals surface area contributed by atoms with Gasteiger partial charge < -0.3 is 25.8 Å². The Labute approximate surface area is 120 Å². The van der Waals surface area contributed by atoms with E-state index in [0.717, 1.165) is 6.42 Å². The van der Waals surface area contributed by atoms with Crippen molar-refractivity contribution in [2.45, 2.75) is 55.9 Å². The molecule has 120 valence electrons. The summed E-state index contributed by atoms with van der Waals surface area (Å²) in [5, 5.41) is 27.2. The molecule has 0 saturated heterocycles. The molecule has 0 spiro atoms. The number of nitrogens with two attached hydrogens (primary N) is 2. The van der Waals surface area contributed by atoms with Crippen molar-refractivity contribution in [2.24, 2.45) is 11.5 Å². The van der Waals surface area contributed by atoms with E-state index in [9.17, 15) is 19.5 Å². The van der Waals surface area contributed by atoms with Crippen molar-refractivity contribution in [3.05, 3.63) is 0 Å². The van der Waals surface area contributed by atoms with Gasteiger partial charge >= 0.3 is 17.9 Å². The van der Waals surface area contributed by atoms with Crippen LogP contribution in [0.25, 0.3) is 0 Å². The van der Waals surface area contributed by atoms with Crippen molar-refractivity contribution < 1.29 is 34.4 Å². The van der Waals surface area contributed by atoms with Gasteiger partial charge in [0.15, 0.2) is 11.3 Å². The Hall–Kier alpha value is -1.71. The maximum Gasteiger partial charge on any atom is 0.336 e. The van der Waals surface area contributed by atoms with Crippen LogP contribution in [0.5, 0.6) is 0 Å². The molecule has 9 nitrogen and oxygen atoms in total. The van der Waals surface area contributed by atoms with Crippen LogP contribution in [0.2, 0.25) is 0 Å². The van der Waals surface area contributed by atoms with Gasteiger partial charge in [0, 0.05) is 6.42 Å². The summed E-state index contributed by atoms with van der Waals surface area (Å²) in [6.45, 7) is 0. The van der Waals surface area contributed by atoms with Crippen LogP contribution in [-0.2, 0) is 19.1 Å². The molecular formula is C12H20N2O7. The number of aliphatic hydroxyl groups is 1. The van der Waals surface area contributed by atoms with Crippen LogP contribution in [0.3, 0.4) is 0 Å². The lowest BCUT2D eigenvalue weighted by molar-refractivity contribution is -0.180. The standard InChI is InChI=1S/C12H20N2O7/c13-7-3-1-2-4-12(7,14)21-9(17)6-11(20,10(18)19)5-8(15)16/h7,20H,1-6,13-14H2,(H,15,16)(H,18,19)/t7-,11?,12-/m1/s1. The Bertz CT molecular complexity index is 441. The molecule has 9 heteroatoms. The van der Waals surface area contributed by atoms with Gasteiger partial charge in [-0.15, -0.1) is 0 Å². The van der Waals surface area contributed by atoms with Crippen molar-refractivity contribution in [1.29, 1.82) is 0 Å². The predicted octanol–water partition coefficient (Wildman–Crippen LogP) is -1.23. The van der Waals surface area contributed by atoms with Crippen LogP contribution in [-0.4, -0.2) is 50.6 Å². The first-order valence-corrected chi connectivity index (χ1v) is 6.53. The third-order valence-corrected chi connectivity index (χ3v) is 3.54. The van der Waals surface area contributed by atoms with Gasteiger partial charge in [0.25, 0.3) is 0 Å². The molecular weight excluding hydrogens is 284 g/mol. The first-order valence-electron chi connectivity index (χ1n) is 6.53. The molecule has 1 aliphatic carbocycles. The number of carboxylic acid groups (broad SMARTS) is 2. The second kappa shape index (κ2) is 6.37. The maximum atomic E-state index is 11.8. The molecule has 1 fully saturated rings. The normalized spacial score (nSPS) is 28.4. The van der Waals surface area contributed by atoms with Gasteiger partial charge in [-0.3, -0.25) is 15.3 Å². The highest BCUT2D eigenvalue weighted by Crippen LogP contribution is 2.28. The number of carbonyl (C=O) groups excluding carboxylic acids is 1. The van der Waals surface area contributed by atoms with Crippen LogP contribution >= 0.6 is 0 Å². The predicted molar refractivity (Wildman–Crippen MR) is 68.9 cm³/mol. The molecule has 0 aromatic heterocycles. The van der Waals surface area contributed by atoms with E-state index in [4.69, 9.17) is 26.4 Å². The quantitative estimate of drug-likeness (QED) is 0.297. The molecule has 0 aromatic rings. The number of esters is 1. The number of hydrogen-bond donors (Lipinski definition) is 5. The number of carbonyl (C=O) groups is 3. The molecule has 7 N–H and O–H groups in total. The highest BCUT2D eigenvalue weighted by molar-refractivity contribution is 5.88. The number of ether oxygens (including phenoxy) is 1. The zero-order valence-electron chi connectivity index (χ0n) is 11.4. The van der Waals surface area contributed by atoms with Gasteiger partial charge in [0.2, 0.25) is 0 Å². The van der Waals surface area contributed by atoms with Gasteiger partial charge in [-0.2, -0.15) is 0 Å². The van der Waals surface area contributed by atoms with Gasteiger partial charge in [0.1, 0.15) is 0 Å². The van der Waals surface area contributed by atoms with E-state index >= 15 is 0 Å². The van der Waals surface area contributed by atoms with Crippen LogP contribution in [0, 0.1) is 0 Å². The van der Waals surface area contributed by atoms with Gasteiger partial charge in [-0.25, -0.2) is 4.79 Å². The highest BCUT2D eigenvalue weighted by atomic mass is 16.6. The molecule has 1 saturated carbocycles. The van der Waals surface area contributed by atoms with E-state index < -0.39 is 48.1 Å². The molecule has 0 bridgehead atoms. The zero-order valence-corrected chi connectivity index (χ0v) is 11.4. The lowest BCUT2D eigenvalue weighted by atomic mass is 9.87. The molecule has 1 unspecified atom stereocenters. The molecule has 0 heterocycles.